The monoisotopic (exact) mass is 349 g/mol. The zero-order chi connectivity index (χ0) is 18.1. The number of methoxy groups -OCH3 is 3. The Labute approximate surface area is 143 Å². The highest BCUT2D eigenvalue weighted by Crippen LogP contribution is 2.51. The summed E-state index contributed by atoms with van der Waals surface area (Å²) in [5, 5.41) is 2.72. The van der Waals surface area contributed by atoms with Crippen LogP contribution in [0.3, 0.4) is 0 Å². The Morgan fingerprint density at radius 2 is 1.80 bits per heavy atom. The van der Waals surface area contributed by atoms with Crippen LogP contribution in [-0.4, -0.2) is 27.2 Å². The largest absolute Gasteiger partial charge is 0.493 e. The van der Waals surface area contributed by atoms with E-state index in [0.29, 0.717) is 28.5 Å². The maximum absolute atomic E-state index is 14.4. The molecule has 1 amide bonds. The minimum atomic E-state index is -0.981. The second-order valence-corrected chi connectivity index (χ2v) is 5.55. The normalized spacial score (nSPS) is 16.0. The van der Waals surface area contributed by atoms with Crippen molar-refractivity contribution in [3.8, 4) is 17.2 Å². The SMILES string of the molecule is COc1cc2c(c(OC)c1OC)[C@H](c1cccc(F)c1F)CC(=O)N2. The fourth-order valence-electron chi connectivity index (χ4n) is 3.17. The number of amides is 1. The summed E-state index contributed by atoms with van der Waals surface area (Å²) in [6, 6.07) is 5.49. The Morgan fingerprint density at radius 3 is 2.44 bits per heavy atom. The van der Waals surface area contributed by atoms with E-state index in [1.165, 1.54) is 33.5 Å². The predicted molar refractivity (Wildman–Crippen MR) is 87.5 cm³/mol. The molecular weight excluding hydrogens is 332 g/mol. The average Bonchev–Trinajstić information content (AvgIpc) is 2.61. The molecule has 1 heterocycles. The topological polar surface area (TPSA) is 56.8 Å². The van der Waals surface area contributed by atoms with Crippen molar-refractivity contribution in [3.63, 3.8) is 0 Å². The molecule has 1 aliphatic heterocycles. The number of nitrogens with one attached hydrogen (secondary N) is 1. The van der Waals surface area contributed by atoms with Crippen LogP contribution < -0.4 is 19.5 Å². The van der Waals surface area contributed by atoms with Crippen molar-refractivity contribution in [2.75, 3.05) is 26.6 Å². The fourth-order valence-corrected chi connectivity index (χ4v) is 3.17. The van der Waals surface area contributed by atoms with E-state index in [1.807, 2.05) is 0 Å². The molecule has 0 bridgehead atoms. The third-order valence-electron chi connectivity index (χ3n) is 4.24. The molecule has 0 saturated carbocycles. The molecule has 5 nitrogen and oxygen atoms in total. The number of fused-ring (bicyclic) bond motifs is 1. The highest BCUT2D eigenvalue weighted by Gasteiger charge is 2.35. The summed E-state index contributed by atoms with van der Waals surface area (Å²) in [7, 11) is 4.34. The number of anilines is 1. The summed E-state index contributed by atoms with van der Waals surface area (Å²) in [5.74, 6) is -1.98. The van der Waals surface area contributed by atoms with Crippen LogP contribution in [0.25, 0.3) is 0 Å². The number of carbonyl (C=O) groups excluding carboxylic acids is 1. The van der Waals surface area contributed by atoms with Gasteiger partial charge in [-0.05, 0) is 11.6 Å². The lowest BCUT2D eigenvalue weighted by molar-refractivity contribution is -0.116. The minimum Gasteiger partial charge on any atom is -0.493 e. The third-order valence-corrected chi connectivity index (χ3v) is 4.24. The number of ether oxygens (including phenoxy) is 3. The molecule has 132 valence electrons. The van der Waals surface area contributed by atoms with Gasteiger partial charge in [-0.15, -0.1) is 0 Å². The van der Waals surface area contributed by atoms with Gasteiger partial charge in [0.1, 0.15) is 0 Å². The van der Waals surface area contributed by atoms with Gasteiger partial charge < -0.3 is 19.5 Å². The number of hydrogen-bond acceptors (Lipinski definition) is 4. The molecule has 7 heteroatoms. The van der Waals surface area contributed by atoms with Gasteiger partial charge in [0.15, 0.2) is 23.1 Å². The predicted octanol–water partition coefficient (Wildman–Crippen LogP) is 3.46. The molecular formula is C18H17F2NO4. The Kier molecular flexibility index (Phi) is 4.48. The van der Waals surface area contributed by atoms with Crippen LogP contribution in [0.4, 0.5) is 14.5 Å². The van der Waals surface area contributed by atoms with E-state index < -0.39 is 17.6 Å². The number of hydrogen-bond donors (Lipinski definition) is 1. The van der Waals surface area contributed by atoms with Crippen molar-refractivity contribution in [2.45, 2.75) is 12.3 Å². The lowest BCUT2D eigenvalue weighted by Gasteiger charge is -2.29. The lowest BCUT2D eigenvalue weighted by Crippen LogP contribution is -2.25. The summed E-state index contributed by atoms with van der Waals surface area (Å²) >= 11 is 0. The molecule has 3 rings (SSSR count). The Morgan fingerprint density at radius 1 is 1.08 bits per heavy atom. The van der Waals surface area contributed by atoms with Crippen molar-refractivity contribution in [1.29, 1.82) is 0 Å². The van der Waals surface area contributed by atoms with E-state index in [4.69, 9.17) is 14.2 Å². The second-order valence-electron chi connectivity index (χ2n) is 5.55. The van der Waals surface area contributed by atoms with Crippen LogP contribution in [-0.2, 0) is 4.79 Å². The van der Waals surface area contributed by atoms with Crippen molar-refractivity contribution in [3.05, 3.63) is 47.0 Å². The number of halogens is 2. The van der Waals surface area contributed by atoms with Gasteiger partial charge in [0.25, 0.3) is 0 Å². The van der Waals surface area contributed by atoms with Gasteiger partial charge in [-0.3, -0.25) is 4.79 Å². The maximum Gasteiger partial charge on any atom is 0.225 e. The van der Waals surface area contributed by atoms with Crippen molar-refractivity contribution < 1.29 is 27.8 Å². The molecule has 0 radical (unpaired) electrons. The zero-order valence-electron chi connectivity index (χ0n) is 14.0. The van der Waals surface area contributed by atoms with Gasteiger partial charge in [-0.2, -0.15) is 0 Å². The summed E-state index contributed by atoms with van der Waals surface area (Å²) in [4.78, 5) is 12.1. The third kappa shape index (κ3) is 2.75. The Balaban J connectivity index is 2.29. The molecule has 25 heavy (non-hydrogen) atoms. The van der Waals surface area contributed by atoms with Crippen LogP contribution in [0, 0.1) is 11.6 Å². The summed E-state index contributed by atoms with van der Waals surface area (Å²) < 4.78 is 44.2. The molecule has 1 atom stereocenters. The highest BCUT2D eigenvalue weighted by atomic mass is 19.2. The van der Waals surface area contributed by atoms with Gasteiger partial charge in [0.05, 0.1) is 27.0 Å². The van der Waals surface area contributed by atoms with Gasteiger partial charge >= 0.3 is 0 Å². The summed E-state index contributed by atoms with van der Waals surface area (Å²) in [6.07, 6.45) is -0.0424. The average molecular weight is 349 g/mol. The molecule has 0 fully saturated rings. The molecule has 2 aromatic rings. The first-order chi connectivity index (χ1) is 12.0. The second kappa shape index (κ2) is 6.58. The number of rotatable bonds is 4. The van der Waals surface area contributed by atoms with Gasteiger partial charge in [0, 0.05) is 24.0 Å². The molecule has 1 aliphatic rings. The van der Waals surface area contributed by atoms with Gasteiger partial charge in [0.2, 0.25) is 11.7 Å². The minimum absolute atomic E-state index is 0.0424. The molecule has 0 spiro atoms. The first-order valence-electron chi connectivity index (χ1n) is 7.58. The lowest BCUT2D eigenvalue weighted by atomic mass is 9.83. The molecule has 2 aromatic carbocycles. The standard InChI is InChI=1S/C18H17F2NO4/c1-23-13-8-12-15(18(25-3)17(13)24-2)10(7-14(22)21-12)9-5-4-6-11(19)16(9)20/h4-6,8,10H,7H2,1-3H3,(H,21,22)/t10-/m0/s1. The van der Waals surface area contributed by atoms with E-state index in [1.54, 1.807) is 6.07 Å². The highest BCUT2D eigenvalue weighted by molar-refractivity contribution is 5.97. The smallest absolute Gasteiger partial charge is 0.225 e. The Hall–Kier alpha value is -2.83. The van der Waals surface area contributed by atoms with Crippen LogP contribution in [0.5, 0.6) is 17.2 Å². The molecule has 0 unspecified atom stereocenters. The maximum atomic E-state index is 14.4. The first kappa shape index (κ1) is 17.0. The fraction of sp³-hybridized carbons (Fsp3) is 0.278. The van der Waals surface area contributed by atoms with Crippen LogP contribution in [0.2, 0.25) is 0 Å². The van der Waals surface area contributed by atoms with E-state index in [9.17, 15) is 13.6 Å². The zero-order valence-corrected chi connectivity index (χ0v) is 14.0. The first-order valence-corrected chi connectivity index (χ1v) is 7.58. The van der Waals surface area contributed by atoms with E-state index in [-0.39, 0.29) is 17.9 Å². The quantitative estimate of drug-likeness (QED) is 0.918. The summed E-state index contributed by atoms with van der Waals surface area (Å²) in [6.45, 7) is 0. The van der Waals surface area contributed by atoms with E-state index in [2.05, 4.69) is 5.32 Å². The number of benzene rings is 2. The molecule has 0 saturated heterocycles. The van der Waals surface area contributed by atoms with Crippen molar-refractivity contribution in [2.24, 2.45) is 0 Å². The van der Waals surface area contributed by atoms with Crippen molar-refractivity contribution in [1.82, 2.24) is 0 Å². The number of carbonyl (C=O) groups is 1. The van der Waals surface area contributed by atoms with Gasteiger partial charge in [-0.25, -0.2) is 8.78 Å². The molecule has 1 N–H and O–H groups in total. The van der Waals surface area contributed by atoms with Crippen molar-refractivity contribution >= 4 is 11.6 Å². The van der Waals surface area contributed by atoms with Crippen LogP contribution >= 0.6 is 0 Å². The molecule has 0 aromatic heterocycles. The van der Waals surface area contributed by atoms with Crippen LogP contribution in [0.1, 0.15) is 23.5 Å². The van der Waals surface area contributed by atoms with Crippen LogP contribution in [0.15, 0.2) is 24.3 Å². The van der Waals surface area contributed by atoms with Gasteiger partial charge in [-0.1, -0.05) is 12.1 Å². The van der Waals surface area contributed by atoms with E-state index in [0.717, 1.165) is 6.07 Å². The molecule has 0 aliphatic carbocycles. The summed E-state index contributed by atoms with van der Waals surface area (Å²) in [5.41, 5.74) is 1.02. The van der Waals surface area contributed by atoms with E-state index >= 15 is 0 Å². The Bertz CT molecular complexity index is 838.